The maximum atomic E-state index is 9.31. The van der Waals surface area contributed by atoms with Crippen LogP contribution in [0.25, 0.3) is 0 Å². The van der Waals surface area contributed by atoms with Crippen molar-refractivity contribution in [2.24, 2.45) is 0 Å². The van der Waals surface area contributed by atoms with Crippen molar-refractivity contribution in [2.75, 3.05) is 0 Å². The van der Waals surface area contributed by atoms with Crippen molar-refractivity contribution in [3.8, 4) is 5.75 Å². The number of hydrogen-bond donors (Lipinski definition) is 3. The van der Waals surface area contributed by atoms with E-state index in [1.807, 2.05) is 19.1 Å². The zero-order chi connectivity index (χ0) is 11.2. The third-order valence-corrected chi connectivity index (χ3v) is 1.91. The first-order chi connectivity index (χ1) is 6.35. The summed E-state index contributed by atoms with van der Waals surface area (Å²) in [4.78, 5) is 0. The van der Waals surface area contributed by atoms with E-state index in [9.17, 15) is 8.42 Å². The van der Waals surface area contributed by atoms with Gasteiger partial charge in [-0.25, -0.2) is 0 Å². The zero-order valence-corrected chi connectivity index (χ0v) is 8.88. The highest BCUT2D eigenvalue weighted by Crippen LogP contribution is 2.07. The Morgan fingerprint density at radius 1 is 1.29 bits per heavy atom. The molecule has 0 atom stereocenters. The van der Waals surface area contributed by atoms with Crippen LogP contribution in [0.15, 0.2) is 24.3 Å². The molecule has 7 heteroatoms. The van der Waals surface area contributed by atoms with E-state index < -0.39 is 10.3 Å². The molecule has 14 heavy (non-hydrogen) atoms. The van der Waals surface area contributed by atoms with E-state index in [1.165, 1.54) is 5.56 Å². The lowest BCUT2D eigenvalue weighted by atomic mass is 10.2. The molecule has 1 rings (SSSR count). The Hall–Kier alpha value is -0.820. The predicted octanol–water partition coefficient (Wildman–Crippen LogP) is 1.23. The summed E-state index contributed by atoms with van der Waals surface area (Å²) in [6.45, 7) is 1.99. The first-order valence-corrected chi connectivity index (χ1v) is 5.27. The lowest BCUT2D eigenvalue weighted by molar-refractivity contribution is 0.475. The van der Waals surface area contributed by atoms with Crippen molar-refractivity contribution >= 4 is 22.1 Å². The molecule has 0 spiro atoms. The molecule has 0 aromatic heterocycles. The molecule has 0 amide bonds. The lowest BCUT2D eigenvalue weighted by Crippen LogP contribution is -2.09. The highest BCUT2D eigenvalue weighted by Gasteiger charge is 1.93. The standard InChI is InChI=1S/C7H8O.ClH2NO3S/c1-6-2-4-7(8)5-3-6;1-2-6(3,4)5/h2-5,8H,1H3;2H,(H,3,4,5). The van der Waals surface area contributed by atoms with Gasteiger partial charge in [0.1, 0.15) is 5.75 Å². The second kappa shape index (κ2) is 5.82. The van der Waals surface area contributed by atoms with E-state index in [4.69, 9.17) is 9.66 Å². The fraction of sp³-hybridized carbons (Fsp3) is 0.143. The summed E-state index contributed by atoms with van der Waals surface area (Å²) in [5.74, 6) is 0.329. The molecule has 0 saturated heterocycles. The molecule has 0 bridgehead atoms. The average Bonchev–Trinajstić information content (AvgIpc) is 2.10. The molecular formula is C7H10ClNO4S. The highest BCUT2D eigenvalue weighted by molar-refractivity contribution is 7.84. The minimum absolute atomic E-state index is 0.329. The van der Waals surface area contributed by atoms with E-state index in [2.05, 4.69) is 11.8 Å². The molecule has 5 nitrogen and oxygen atoms in total. The summed E-state index contributed by atoms with van der Waals surface area (Å²) in [7, 11) is -4.15. The van der Waals surface area contributed by atoms with Crippen molar-refractivity contribution in [2.45, 2.75) is 6.92 Å². The first-order valence-electron chi connectivity index (χ1n) is 3.45. The van der Waals surface area contributed by atoms with Crippen LogP contribution in [0.3, 0.4) is 0 Å². The van der Waals surface area contributed by atoms with Crippen LogP contribution in [-0.2, 0) is 10.3 Å². The van der Waals surface area contributed by atoms with Gasteiger partial charge in [0.15, 0.2) is 0 Å². The molecule has 0 unspecified atom stereocenters. The molecule has 0 fully saturated rings. The Labute approximate surface area is 87.3 Å². The van der Waals surface area contributed by atoms with Gasteiger partial charge in [-0.15, -0.1) is 4.24 Å². The molecule has 80 valence electrons. The van der Waals surface area contributed by atoms with Crippen molar-refractivity contribution in [1.29, 1.82) is 0 Å². The van der Waals surface area contributed by atoms with E-state index in [0.29, 0.717) is 5.75 Å². The lowest BCUT2D eigenvalue weighted by Gasteiger charge is -1.89. The second-order valence-electron chi connectivity index (χ2n) is 2.39. The molecule has 0 saturated carbocycles. The smallest absolute Gasteiger partial charge is 0.346 e. The molecule has 0 aliphatic heterocycles. The fourth-order valence-corrected chi connectivity index (χ4v) is 0.545. The number of aromatic hydroxyl groups is 1. The van der Waals surface area contributed by atoms with Gasteiger partial charge in [0.05, 0.1) is 0 Å². The Morgan fingerprint density at radius 2 is 1.64 bits per heavy atom. The number of rotatable bonds is 1. The molecule has 0 aliphatic carbocycles. The van der Waals surface area contributed by atoms with Crippen molar-refractivity contribution in [1.82, 2.24) is 4.24 Å². The van der Waals surface area contributed by atoms with Crippen LogP contribution in [0.1, 0.15) is 5.56 Å². The highest BCUT2D eigenvalue weighted by atomic mass is 35.5. The molecule has 3 N–H and O–H groups in total. The van der Waals surface area contributed by atoms with Crippen LogP contribution in [0.2, 0.25) is 0 Å². The Balaban J connectivity index is 0.000000255. The topological polar surface area (TPSA) is 86.6 Å². The van der Waals surface area contributed by atoms with Gasteiger partial charge in [-0.05, 0) is 30.8 Å². The summed E-state index contributed by atoms with van der Waals surface area (Å²) < 4.78 is 27.3. The molecule has 0 radical (unpaired) electrons. The summed E-state index contributed by atoms with van der Waals surface area (Å²) in [5, 5.41) is 8.76. The van der Waals surface area contributed by atoms with Gasteiger partial charge < -0.3 is 5.11 Å². The van der Waals surface area contributed by atoms with Crippen molar-refractivity contribution in [3.63, 3.8) is 0 Å². The van der Waals surface area contributed by atoms with Gasteiger partial charge in [0.2, 0.25) is 0 Å². The minimum atomic E-state index is -4.15. The average molecular weight is 240 g/mol. The van der Waals surface area contributed by atoms with Crippen molar-refractivity contribution in [3.05, 3.63) is 29.8 Å². The van der Waals surface area contributed by atoms with Gasteiger partial charge in [0, 0.05) is 0 Å². The fourth-order valence-electron chi connectivity index (χ4n) is 0.545. The third kappa shape index (κ3) is 7.81. The number of benzene rings is 1. The van der Waals surface area contributed by atoms with E-state index in [0.717, 1.165) is 4.24 Å². The maximum absolute atomic E-state index is 9.31. The molecule has 0 aliphatic rings. The zero-order valence-electron chi connectivity index (χ0n) is 7.31. The molecule has 1 aromatic carbocycles. The Bertz CT molecular complexity index is 341. The predicted molar refractivity (Wildman–Crippen MR) is 53.4 cm³/mol. The number of phenols is 1. The van der Waals surface area contributed by atoms with E-state index >= 15 is 0 Å². The van der Waals surface area contributed by atoms with Crippen LogP contribution in [0.5, 0.6) is 5.75 Å². The number of hydrogen-bond acceptors (Lipinski definition) is 3. The van der Waals surface area contributed by atoms with Gasteiger partial charge in [-0.1, -0.05) is 17.7 Å². The minimum Gasteiger partial charge on any atom is -0.508 e. The van der Waals surface area contributed by atoms with Gasteiger partial charge in [0.25, 0.3) is 0 Å². The van der Waals surface area contributed by atoms with Crippen LogP contribution in [0.4, 0.5) is 0 Å². The number of halogens is 1. The first kappa shape index (κ1) is 13.2. The van der Waals surface area contributed by atoms with Gasteiger partial charge in [-0.2, -0.15) is 8.42 Å². The van der Waals surface area contributed by atoms with Gasteiger partial charge in [-0.3, -0.25) is 4.55 Å². The van der Waals surface area contributed by atoms with Crippen LogP contribution in [-0.4, -0.2) is 18.1 Å². The van der Waals surface area contributed by atoms with Gasteiger partial charge >= 0.3 is 10.3 Å². The number of aryl methyl sites for hydroxylation is 1. The Morgan fingerprint density at radius 3 is 1.86 bits per heavy atom. The monoisotopic (exact) mass is 239 g/mol. The molecule has 1 aromatic rings. The summed E-state index contributed by atoms with van der Waals surface area (Å²) in [5.41, 5.74) is 1.17. The SMILES string of the molecule is Cc1ccc(O)cc1.O=S(=O)(O)NCl. The molecule has 0 heterocycles. The normalized spacial score (nSPS) is 10.2. The Kier molecular flexibility index (Phi) is 5.47. The second-order valence-corrected chi connectivity index (χ2v) is 3.96. The summed E-state index contributed by atoms with van der Waals surface area (Å²) >= 11 is 4.39. The van der Waals surface area contributed by atoms with Crippen LogP contribution < -0.4 is 4.24 Å². The van der Waals surface area contributed by atoms with Crippen LogP contribution >= 0.6 is 11.8 Å². The van der Waals surface area contributed by atoms with Crippen molar-refractivity contribution < 1.29 is 18.1 Å². The third-order valence-electron chi connectivity index (χ3n) is 1.13. The van der Waals surface area contributed by atoms with E-state index in [-0.39, 0.29) is 0 Å². The van der Waals surface area contributed by atoms with Crippen LogP contribution in [0, 0.1) is 6.92 Å². The molecular weight excluding hydrogens is 230 g/mol. The summed E-state index contributed by atoms with van der Waals surface area (Å²) in [6.07, 6.45) is 0. The summed E-state index contributed by atoms with van der Waals surface area (Å²) in [6, 6.07) is 7.09. The largest absolute Gasteiger partial charge is 0.508 e. The number of phenolic OH excluding ortho intramolecular Hbond substituents is 1. The quantitative estimate of drug-likeness (QED) is 0.508. The van der Waals surface area contributed by atoms with E-state index in [1.54, 1.807) is 12.1 Å². The maximum Gasteiger partial charge on any atom is 0.346 e. The number of nitrogens with one attached hydrogen (secondary N) is 1.